The van der Waals surface area contributed by atoms with Gasteiger partial charge in [-0.1, -0.05) is 30.3 Å². The topological polar surface area (TPSA) is 73.8 Å². The molecular formula is C15H22F3IN4O2S. The predicted molar refractivity (Wildman–Crippen MR) is 105 cm³/mol. The summed E-state index contributed by atoms with van der Waals surface area (Å²) in [7, 11) is -3.64. The fraction of sp³-hybridized carbons (Fsp3) is 0.533. The Morgan fingerprint density at radius 2 is 1.81 bits per heavy atom. The summed E-state index contributed by atoms with van der Waals surface area (Å²) in [6.07, 6.45) is 0.558. The first-order chi connectivity index (χ1) is 11.7. The van der Waals surface area contributed by atoms with Crippen LogP contribution in [0.5, 0.6) is 0 Å². The molecule has 26 heavy (non-hydrogen) atoms. The molecule has 11 heteroatoms. The number of hydrogen-bond donors (Lipinski definition) is 2. The lowest BCUT2D eigenvalue weighted by Crippen LogP contribution is -2.51. The first kappa shape index (κ1) is 23.0. The van der Waals surface area contributed by atoms with Gasteiger partial charge in [-0.3, -0.25) is 4.99 Å². The van der Waals surface area contributed by atoms with Crippen LogP contribution in [0.1, 0.15) is 18.4 Å². The number of piperidine rings is 1. The fourth-order valence-corrected chi connectivity index (χ4v) is 3.54. The Hall–Kier alpha value is -1.08. The van der Waals surface area contributed by atoms with Gasteiger partial charge in [0.25, 0.3) is 0 Å². The largest absolute Gasteiger partial charge is 0.511 e. The molecule has 1 aliphatic rings. The van der Waals surface area contributed by atoms with Crippen molar-refractivity contribution in [3.05, 3.63) is 35.9 Å². The molecule has 0 atom stereocenters. The summed E-state index contributed by atoms with van der Waals surface area (Å²) in [5.74, 6) is 0.529. The summed E-state index contributed by atoms with van der Waals surface area (Å²) in [4.78, 5) is 4.09. The molecule has 1 heterocycles. The molecule has 1 aromatic rings. The van der Waals surface area contributed by atoms with Gasteiger partial charge in [-0.05, 0) is 18.4 Å². The van der Waals surface area contributed by atoms with Crippen molar-refractivity contribution >= 4 is 40.0 Å². The van der Waals surface area contributed by atoms with Crippen LogP contribution in [0, 0.1) is 0 Å². The monoisotopic (exact) mass is 506 g/mol. The standard InChI is InChI=1S/C15H21F3N4O2S.HI/c1-19-14(20-11-12-5-3-2-4-6-12)21-13-7-9-22(10-8-13)25(23,24)15(16,17)18;/h2-6,13H,7-11H2,1H3,(H2,19,20,21);1H. The van der Waals surface area contributed by atoms with Gasteiger partial charge >= 0.3 is 15.5 Å². The number of rotatable bonds is 4. The lowest BCUT2D eigenvalue weighted by atomic mass is 10.1. The van der Waals surface area contributed by atoms with E-state index in [1.807, 2.05) is 30.3 Å². The van der Waals surface area contributed by atoms with Crippen molar-refractivity contribution in [3.8, 4) is 0 Å². The maximum Gasteiger partial charge on any atom is 0.511 e. The second-order valence-electron chi connectivity index (χ2n) is 5.68. The van der Waals surface area contributed by atoms with E-state index in [1.54, 1.807) is 7.05 Å². The van der Waals surface area contributed by atoms with Crippen molar-refractivity contribution in [1.82, 2.24) is 14.9 Å². The highest BCUT2D eigenvalue weighted by Crippen LogP contribution is 2.28. The number of aliphatic imine (C=N–C) groups is 1. The third kappa shape index (κ3) is 5.98. The zero-order valence-electron chi connectivity index (χ0n) is 14.2. The average molecular weight is 506 g/mol. The maximum absolute atomic E-state index is 12.6. The summed E-state index contributed by atoms with van der Waals surface area (Å²) >= 11 is 0. The van der Waals surface area contributed by atoms with Gasteiger partial charge in [-0.2, -0.15) is 17.5 Å². The summed E-state index contributed by atoms with van der Waals surface area (Å²) < 4.78 is 61.0. The Morgan fingerprint density at radius 1 is 1.23 bits per heavy atom. The first-order valence-electron chi connectivity index (χ1n) is 7.81. The quantitative estimate of drug-likeness (QED) is 0.374. The molecule has 0 spiro atoms. The Morgan fingerprint density at radius 3 is 2.31 bits per heavy atom. The number of halogens is 4. The normalized spacial score (nSPS) is 17.5. The summed E-state index contributed by atoms with van der Waals surface area (Å²) in [6.45, 7) is 0.214. The van der Waals surface area contributed by atoms with E-state index in [0.29, 0.717) is 16.8 Å². The zero-order chi connectivity index (χ0) is 18.5. The molecule has 0 unspecified atom stereocenters. The van der Waals surface area contributed by atoms with Crippen molar-refractivity contribution in [3.63, 3.8) is 0 Å². The lowest BCUT2D eigenvalue weighted by molar-refractivity contribution is -0.0494. The number of nitrogens with zero attached hydrogens (tertiary/aromatic N) is 2. The van der Waals surface area contributed by atoms with Crippen LogP contribution in [-0.2, 0) is 16.6 Å². The van der Waals surface area contributed by atoms with E-state index < -0.39 is 15.5 Å². The van der Waals surface area contributed by atoms with Gasteiger partial charge in [-0.25, -0.2) is 8.42 Å². The van der Waals surface area contributed by atoms with Crippen LogP contribution in [0.3, 0.4) is 0 Å². The van der Waals surface area contributed by atoms with Gasteiger partial charge in [-0.15, -0.1) is 24.0 Å². The molecule has 2 rings (SSSR count). The van der Waals surface area contributed by atoms with Crippen molar-refractivity contribution < 1.29 is 21.6 Å². The average Bonchev–Trinajstić information content (AvgIpc) is 2.59. The minimum Gasteiger partial charge on any atom is -0.354 e. The molecule has 0 radical (unpaired) electrons. The predicted octanol–water partition coefficient (Wildman–Crippen LogP) is 2.28. The lowest BCUT2D eigenvalue weighted by Gasteiger charge is -2.32. The van der Waals surface area contributed by atoms with Gasteiger partial charge in [0.2, 0.25) is 0 Å². The number of alkyl halides is 3. The number of benzene rings is 1. The van der Waals surface area contributed by atoms with Crippen molar-refractivity contribution in [2.45, 2.75) is 30.9 Å². The molecule has 148 valence electrons. The first-order valence-corrected chi connectivity index (χ1v) is 9.25. The van der Waals surface area contributed by atoms with Gasteiger partial charge in [0.1, 0.15) is 0 Å². The van der Waals surface area contributed by atoms with Gasteiger partial charge in [0, 0.05) is 32.7 Å². The highest BCUT2D eigenvalue weighted by Gasteiger charge is 2.50. The van der Waals surface area contributed by atoms with Crippen LogP contribution >= 0.6 is 24.0 Å². The molecular weight excluding hydrogens is 484 g/mol. The van der Waals surface area contributed by atoms with Crippen molar-refractivity contribution in [2.75, 3.05) is 20.1 Å². The van der Waals surface area contributed by atoms with E-state index in [0.717, 1.165) is 5.56 Å². The molecule has 0 amide bonds. The Labute approximate surface area is 168 Å². The highest BCUT2D eigenvalue weighted by atomic mass is 127. The zero-order valence-corrected chi connectivity index (χ0v) is 17.3. The maximum atomic E-state index is 12.6. The third-order valence-corrected chi connectivity index (χ3v) is 5.58. The van der Waals surface area contributed by atoms with Crippen molar-refractivity contribution in [2.24, 2.45) is 4.99 Å². The highest BCUT2D eigenvalue weighted by molar-refractivity contribution is 14.0. The molecule has 6 nitrogen and oxygen atoms in total. The van der Waals surface area contributed by atoms with E-state index >= 15 is 0 Å². The Balaban J connectivity index is 0.00000338. The Bertz CT molecular complexity index is 691. The molecule has 0 aliphatic carbocycles. The van der Waals surface area contributed by atoms with Crippen LogP contribution in [0.25, 0.3) is 0 Å². The molecule has 0 aromatic heterocycles. The Kier molecular flexibility index (Phi) is 8.60. The minimum absolute atomic E-state index is 0. The van der Waals surface area contributed by atoms with Gasteiger partial charge in [0.15, 0.2) is 5.96 Å². The molecule has 2 N–H and O–H groups in total. The van der Waals surface area contributed by atoms with Crippen LogP contribution < -0.4 is 10.6 Å². The molecule has 1 fully saturated rings. The van der Waals surface area contributed by atoms with Crippen molar-refractivity contribution in [1.29, 1.82) is 0 Å². The van der Waals surface area contributed by atoms with Crippen LogP contribution in [0.2, 0.25) is 0 Å². The smallest absolute Gasteiger partial charge is 0.354 e. The summed E-state index contributed by atoms with van der Waals surface area (Å²) in [6, 6.07) is 9.54. The number of guanidine groups is 1. The van der Waals surface area contributed by atoms with E-state index in [4.69, 9.17) is 0 Å². The van der Waals surface area contributed by atoms with Crippen LogP contribution in [-0.4, -0.2) is 50.4 Å². The second-order valence-corrected chi connectivity index (χ2v) is 7.61. The van der Waals surface area contributed by atoms with Gasteiger partial charge in [0.05, 0.1) is 0 Å². The SMILES string of the molecule is CN=C(NCc1ccccc1)NC1CCN(S(=O)(=O)C(F)(F)F)CC1.I. The second kappa shape index (κ2) is 9.74. The van der Waals surface area contributed by atoms with E-state index in [9.17, 15) is 21.6 Å². The van der Waals surface area contributed by atoms with Gasteiger partial charge < -0.3 is 10.6 Å². The molecule has 0 saturated carbocycles. The van der Waals surface area contributed by atoms with E-state index in [2.05, 4.69) is 15.6 Å². The van der Waals surface area contributed by atoms with Crippen LogP contribution in [0.15, 0.2) is 35.3 Å². The molecule has 0 bridgehead atoms. The van der Waals surface area contributed by atoms with E-state index in [-0.39, 0.29) is 55.9 Å². The number of sulfonamides is 1. The molecule has 1 saturated heterocycles. The summed E-state index contributed by atoms with van der Waals surface area (Å²) in [5, 5.41) is 6.25. The summed E-state index contributed by atoms with van der Waals surface area (Å²) in [5.41, 5.74) is -4.18. The molecule has 1 aromatic carbocycles. The number of hydrogen-bond acceptors (Lipinski definition) is 3. The number of nitrogens with one attached hydrogen (secondary N) is 2. The third-order valence-electron chi connectivity index (χ3n) is 3.95. The van der Waals surface area contributed by atoms with Crippen LogP contribution in [0.4, 0.5) is 13.2 Å². The fourth-order valence-electron chi connectivity index (χ4n) is 2.56. The molecule has 1 aliphatic heterocycles. The minimum atomic E-state index is -5.25. The van der Waals surface area contributed by atoms with E-state index in [1.165, 1.54) is 0 Å².